The number of benzene rings is 1. The normalized spacial score (nSPS) is 15.1. The molecule has 1 aromatic heterocycles. The molecule has 0 spiro atoms. The fourth-order valence-corrected chi connectivity index (χ4v) is 2.96. The summed E-state index contributed by atoms with van der Waals surface area (Å²) in [6.45, 7) is 0.223. The highest BCUT2D eigenvalue weighted by Gasteiger charge is 2.25. The summed E-state index contributed by atoms with van der Waals surface area (Å²) in [6, 6.07) is 5.36. The molecule has 0 saturated carbocycles. The predicted octanol–water partition coefficient (Wildman–Crippen LogP) is 1.89. The van der Waals surface area contributed by atoms with Crippen LogP contribution < -0.4 is 14.8 Å². The third-order valence-electron chi connectivity index (χ3n) is 3.96. The van der Waals surface area contributed by atoms with Gasteiger partial charge in [-0.15, -0.1) is 0 Å². The molecule has 2 heterocycles. The number of rotatable bonds is 2. The molecule has 6 heteroatoms. The number of hydrogen-bond acceptors (Lipinski definition) is 4. The van der Waals surface area contributed by atoms with E-state index in [2.05, 4.69) is 10.4 Å². The molecule has 1 aliphatic carbocycles. The number of aromatic nitrogens is 2. The number of nitrogens with zero attached hydrogens (tertiary/aromatic N) is 2. The molecule has 1 N–H and O–H groups in total. The van der Waals surface area contributed by atoms with Crippen molar-refractivity contribution in [2.75, 3.05) is 12.1 Å². The molecule has 1 aromatic carbocycles. The van der Waals surface area contributed by atoms with Crippen LogP contribution in [0.5, 0.6) is 11.5 Å². The number of amides is 1. The van der Waals surface area contributed by atoms with Gasteiger partial charge in [-0.3, -0.25) is 9.48 Å². The Morgan fingerprint density at radius 2 is 2.14 bits per heavy atom. The maximum Gasteiger partial charge on any atom is 0.276 e. The van der Waals surface area contributed by atoms with E-state index in [1.807, 2.05) is 11.7 Å². The van der Waals surface area contributed by atoms with E-state index in [9.17, 15) is 4.79 Å². The number of carbonyl (C=O) groups excluding carboxylic acids is 1. The van der Waals surface area contributed by atoms with Crippen LogP contribution in [0.25, 0.3) is 0 Å². The topological polar surface area (TPSA) is 65.4 Å². The molecule has 4 rings (SSSR count). The molecule has 0 unspecified atom stereocenters. The first-order valence-corrected chi connectivity index (χ1v) is 6.98. The van der Waals surface area contributed by atoms with Crippen molar-refractivity contribution in [1.29, 1.82) is 0 Å². The van der Waals surface area contributed by atoms with E-state index in [1.54, 1.807) is 18.2 Å². The average Bonchev–Trinajstić information content (AvgIpc) is 3.16. The van der Waals surface area contributed by atoms with E-state index >= 15 is 0 Å². The molecule has 2 aromatic rings. The lowest BCUT2D eigenvalue weighted by Crippen LogP contribution is -2.14. The molecule has 2 aliphatic rings. The number of aryl methyl sites for hydroxylation is 1. The molecule has 0 atom stereocenters. The van der Waals surface area contributed by atoms with Crippen molar-refractivity contribution < 1.29 is 14.3 Å². The van der Waals surface area contributed by atoms with E-state index in [1.165, 1.54) is 5.69 Å². The second kappa shape index (κ2) is 4.51. The van der Waals surface area contributed by atoms with Crippen molar-refractivity contribution in [3.05, 3.63) is 35.2 Å². The Morgan fingerprint density at radius 3 is 3.05 bits per heavy atom. The fourth-order valence-electron chi connectivity index (χ4n) is 2.96. The van der Waals surface area contributed by atoms with Gasteiger partial charge in [-0.2, -0.15) is 5.10 Å². The summed E-state index contributed by atoms with van der Waals surface area (Å²) in [7, 11) is 1.89. The largest absolute Gasteiger partial charge is 0.454 e. The lowest BCUT2D eigenvalue weighted by atomic mass is 10.2. The standard InChI is InChI=1S/C15H15N3O3/c1-18-11-4-2-3-10(11)14(17-18)15(19)16-9-5-6-12-13(7-9)21-8-20-12/h5-7H,2-4,8H2,1H3,(H,16,19). The summed E-state index contributed by atoms with van der Waals surface area (Å²) in [4.78, 5) is 12.4. The lowest BCUT2D eigenvalue weighted by molar-refractivity contribution is 0.102. The van der Waals surface area contributed by atoms with Gasteiger partial charge < -0.3 is 14.8 Å². The second-order valence-electron chi connectivity index (χ2n) is 5.27. The first kappa shape index (κ1) is 12.3. The monoisotopic (exact) mass is 285 g/mol. The molecular weight excluding hydrogens is 270 g/mol. The van der Waals surface area contributed by atoms with Crippen molar-refractivity contribution in [3.63, 3.8) is 0 Å². The van der Waals surface area contributed by atoms with Crippen LogP contribution in [-0.2, 0) is 19.9 Å². The van der Waals surface area contributed by atoms with Crippen molar-refractivity contribution in [2.45, 2.75) is 19.3 Å². The third-order valence-corrected chi connectivity index (χ3v) is 3.96. The predicted molar refractivity (Wildman–Crippen MR) is 75.8 cm³/mol. The molecule has 0 fully saturated rings. The Hall–Kier alpha value is -2.50. The van der Waals surface area contributed by atoms with Gasteiger partial charge in [-0.05, 0) is 31.4 Å². The van der Waals surface area contributed by atoms with Gasteiger partial charge in [-0.1, -0.05) is 0 Å². The van der Waals surface area contributed by atoms with E-state index in [4.69, 9.17) is 9.47 Å². The third kappa shape index (κ3) is 1.94. The SMILES string of the molecule is Cn1nc(C(=O)Nc2ccc3c(c2)OCO3)c2c1CCC2. The highest BCUT2D eigenvalue weighted by atomic mass is 16.7. The van der Waals surface area contributed by atoms with Crippen molar-refractivity contribution >= 4 is 11.6 Å². The molecule has 108 valence electrons. The van der Waals surface area contributed by atoms with Crippen molar-refractivity contribution in [1.82, 2.24) is 9.78 Å². The molecule has 1 aliphatic heterocycles. The van der Waals surface area contributed by atoms with Crippen LogP contribution in [0.1, 0.15) is 28.2 Å². The first-order valence-electron chi connectivity index (χ1n) is 6.98. The van der Waals surface area contributed by atoms with Gasteiger partial charge in [-0.25, -0.2) is 0 Å². The van der Waals surface area contributed by atoms with E-state index in [0.29, 0.717) is 22.9 Å². The molecular formula is C15H15N3O3. The van der Waals surface area contributed by atoms with Gasteiger partial charge in [0, 0.05) is 30.1 Å². The van der Waals surface area contributed by atoms with Crippen LogP contribution in [0.3, 0.4) is 0 Å². The summed E-state index contributed by atoms with van der Waals surface area (Å²) >= 11 is 0. The molecule has 21 heavy (non-hydrogen) atoms. The molecule has 0 bridgehead atoms. The zero-order valence-corrected chi connectivity index (χ0v) is 11.7. The van der Waals surface area contributed by atoms with Crippen LogP contribution in [-0.4, -0.2) is 22.5 Å². The Labute approximate surface area is 121 Å². The minimum Gasteiger partial charge on any atom is -0.454 e. The van der Waals surface area contributed by atoms with Crippen LogP contribution in [0.4, 0.5) is 5.69 Å². The maximum absolute atomic E-state index is 12.4. The Balaban J connectivity index is 1.60. The van der Waals surface area contributed by atoms with Crippen LogP contribution in [0.15, 0.2) is 18.2 Å². The van der Waals surface area contributed by atoms with Gasteiger partial charge >= 0.3 is 0 Å². The minimum atomic E-state index is -0.174. The number of anilines is 1. The van der Waals surface area contributed by atoms with Gasteiger partial charge in [0.1, 0.15) is 0 Å². The molecule has 1 amide bonds. The zero-order valence-electron chi connectivity index (χ0n) is 11.7. The highest BCUT2D eigenvalue weighted by Crippen LogP contribution is 2.34. The number of nitrogens with one attached hydrogen (secondary N) is 1. The lowest BCUT2D eigenvalue weighted by Gasteiger charge is -2.05. The van der Waals surface area contributed by atoms with E-state index < -0.39 is 0 Å². The van der Waals surface area contributed by atoms with Crippen LogP contribution in [0.2, 0.25) is 0 Å². The Morgan fingerprint density at radius 1 is 1.29 bits per heavy atom. The summed E-state index contributed by atoms with van der Waals surface area (Å²) in [5, 5.41) is 7.23. The van der Waals surface area contributed by atoms with Crippen molar-refractivity contribution in [2.24, 2.45) is 7.05 Å². The number of hydrogen-bond donors (Lipinski definition) is 1. The fraction of sp³-hybridized carbons (Fsp3) is 0.333. The number of carbonyl (C=O) groups is 1. The summed E-state index contributed by atoms with van der Waals surface area (Å²) in [5.41, 5.74) is 3.46. The zero-order chi connectivity index (χ0) is 14.4. The van der Waals surface area contributed by atoms with Gasteiger partial charge in [0.2, 0.25) is 6.79 Å². The van der Waals surface area contributed by atoms with Crippen LogP contribution in [0, 0.1) is 0 Å². The number of fused-ring (bicyclic) bond motifs is 2. The van der Waals surface area contributed by atoms with Crippen molar-refractivity contribution in [3.8, 4) is 11.5 Å². The quantitative estimate of drug-likeness (QED) is 0.915. The van der Waals surface area contributed by atoms with Gasteiger partial charge in [0.25, 0.3) is 5.91 Å². The van der Waals surface area contributed by atoms with Crippen LogP contribution >= 0.6 is 0 Å². The smallest absolute Gasteiger partial charge is 0.276 e. The minimum absolute atomic E-state index is 0.174. The summed E-state index contributed by atoms with van der Waals surface area (Å²) in [6.07, 6.45) is 3.01. The summed E-state index contributed by atoms with van der Waals surface area (Å²) < 4.78 is 12.4. The maximum atomic E-state index is 12.4. The average molecular weight is 285 g/mol. The Kier molecular flexibility index (Phi) is 2.63. The van der Waals surface area contributed by atoms with Gasteiger partial charge in [0.05, 0.1) is 0 Å². The van der Waals surface area contributed by atoms with E-state index in [-0.39, 0.29) is 12.7 Å². The highest BCUT2D eigenvalue weighted by molar-refractivity contribution is 6.04. The number of ether oxygens (including phenoxy) is 2. The second-order valence-corrected chi connectivity index (χ2v) is 5.27. The van der Waals surface area contributed by atoms with Gasteiger partial charge in [0.15, 0.2) is 17.2 Å². The first-order chi connectivity index (χ1) is 10.2. The Bertz CT molecular complexity index is 736. The summed E-state index contributed by atoms with van der Waals surface area (Å²) in [5.74, 6) is 1.18. The molecule has 6 nitrogen and oxygen atoms in total. The molecule has 0 radical (unpaired) electrons. The molecule has 0 saturated heterocycles. The van der Waals surface area contributed by atoms with E-state index in [0.717, 1.165) is 24.8 Å².